The van der Waals surface area contributed by atoms with Crippen molar-refractivity contribution in [3.8, 4) is 0 Å². The molecule has 0 fully saturated rings. The summed E-state index contributed by atoms with van der Waals surface area (Å²) in [6.07, 6.45) is 6.41. The van der Waals surface area contributed by atoms with E-state index in [2.05, 4.69) is 5.32 Å². The van der Waals surface area contributed by atoms with Gasteiger partial charge in [0.05, 0.1) is 17.1 Å². The number of halogens is 1. The molecule has 2 aromatic rings. The molecule has 1 unspecified atom stereocenters. The van der Waals surface area contributed by atoms with E-state index in [-0.39, 0.29) is 17.8 Å². The Bertz CT molecular complexity index is 946. The summed E-state index contributed by atoms with van der Waals surface area (Å²) >= 11 is 5.93. The largest absolute Gasteiger partial charge is 0.478 e. The number of carboxylic acids is 1. The highest BCUT2D eigenvalue weighted by molar-refractivity contribution is 6.30. The van der Waals surface area contributed by atoms with Gasteiger partial charge in [0.1, 0.15) is 6.61 Å². The Balaban J connectivity index is 1.75. The van der Waals surface area contributed by atoms with E-state index in [1.54, 1.807) is 30.3 Å². The fourth-order valence-electron chi connectivity index (χ4n) is 2.89. The number of benzene rings is 2. The van der Waals surface area contributed by atoms with Gasteiger partial charge in [0.2, 0.25) is 0 Å². The Labute approximate surface area is 167 Å². The van der Waals surface area contributed by atoms with Crippen LogP contribution in [0, 0.1) is 0 Å². The average molecular weight is 396 g/mol. The number of carbonyl (C=O) groups excluding carboxylic acids is 1. The number of rotatable bonds is 6. The summed E-state index contributed by atoms with van der Waals surface area (Å²) in [5, 5.41) is 12.8. The molecule has 2 aromatic carbocycles. The number of hydrogen-bond donors (Lipinski definition) is 2. The Morgan fingerprint density at radius 3 is 2.39 bits per heavy atom. The normalized spacial score (nSPS) is 16.1. The third-order valence-corrected chi connectivity index (χ3v) is 4.46. The number of carbonyl (C=O) groups is 2. The van der Waals surface area contributed by atoms with Crippen LogP contribution in [0.5, 0.6) is 0 Å². The van der Waals surface area contributed by atoms with Gasteiger partial charge in [-0.25, -0.2) is 9.59 Å². The van der Waals surface area contributed by atoms with E-state index in [0.717, 1.165) is 5.56 Å². The molecule has 0 aromatic heterocycles. The fourth-order valence-corrected chi connectivity index (χ4v) is 3.01. The minimum atomic E-state index is -1.12. The molecule has 0 radical (unpaired) electrons. The van der Waals surface area contributed by atoms with Gasteiger partial charge in [-0.05, 0) is 29.3 Å². The summed E-state index contributed by atoms with van der Waals surface area (Å²) in [4.78, 5) is 24.3. The first-order valence-electron chi connectivity index (χ1n) is 8.60. The highest BCUT2D eigenvalue weighted by Crippen LogP contribution is 2.34. The molecule has 0 spiro atoms. The van der Waals surface area contributed by atoms with Gasteiger partial charge in [-0.15, -0.1) is 0 Å². The molecule has 0 saturated carbocycles. The number of carboxylic acid groups (broad SMARTS) is 1. The fraction of sp³-hybridized carbons (Fsp3) is 0.0909. The minimum absolute atomic E-state index is 0.0524. The highest BCUT2D eigenvalue weighted by atomic mass is 35.5. The van der Waals surface area contributed by atoms with E-state index in [0.29, 0.717) is 10.6 Å². The summed E-state index contributed by atoms with van der Waals surface area (Å²) in [5.41, 5.74) is 1.90. The van der Waals surface area contributed by atoms with Gasteiger partial charge in [0, 0.05) is 17.4 Å². The second-order valence-electron chi connectivity index (χ2n) is 6.07. The van der Waals surface area contributed by atoms with Crippen molar-refractivity contribution in [2.45, 2.75) is 5.92 Å². The first kappa shape index (κ1) is 19.5. The maximum absolute atomic E-state index is 12.6. The van der Waals surface area contributed by atoms with Gasteiger partial charge in [0.25, 0.3) is 0 Å². The lowest BCUT2D eigenvalue weighted by atomic mass is 9.84. The molecule has 1 aliphatic rings. The molecule has 1 heterocycles. The summed E-state index contributed by atoms with van der Waals surface area (Å²) in [5.74, 6) is -2.45. The van der Waals surface area contributed by atoms with Crippen LogP contribution < -0.4 is 5.32 Å². The minimum Gasteiger partial charge on any atom is -0.478 e. The summed E-state index contributed by atoms with van der Waals surface area (Å²) in [7, 11) is 0. The van der Waals surface area contributed by atoms with Crippen LogP contribution in [0.1, 0.15) is 17.0 Å². The van der Waals surface area contributed by atoms with Crippen LogP contribution in [0.2, 0.25) is 5.02 Å². The molecule has 6 heteroatoms. The molecule has 2 N–H and O–H groups in total. The molecule has 1 atom stereocenters. The first-order valence-corrected chi connectivity index (χ1v) is 8.97. The predicted octanol–water partition coefficient (Wildman–Crippen LogP) is 4.14. The molecule has 0 aliphatic carbocycles. The second kappa shape index (κ2) is 9.06. The van der Waals surface area contributed by atoms with Gasteiger partial charge in [-0.1, -0.05) is 60.1 Å². The molecule has 28 heavy (non-hydrogen) atoms. The summed E-state index contributed by atoms with van der Waals surface area (Å²) in [6.45, 7) is 0.0739. The highest BCUT2D eigenvalue weighted by Gasteiger charge is 2.33. The lowest BCUT2D eigenvalue weighted by Gasteiger charge is -2.24. The van der Waals surface area contributed by atoms with Crippen molar-refractivity contribution in [2.75, 3.05) is 6.61 Å². The molecule has 5 nitrogen and oxygen atoms in total. The maximum Gasteiger partial charge on any atom is 0.336 e. The van der Waals surface area contributed by atoms with E-state index in [4.69, 9.17) is 16.3 Å². The van der Waals surface area contributed by atoms with E-state index in [1.165, 1.54) is 12.4 Å². The zero-order valence-electron chi connectivity index (χ0n) is 14.8. The Hall–Kier alpha value is -3.31. The van der Waals surface area contributed by atoms with Crippen molar-refractivity contribution in [3.63, 3.8) is 0 Å². The smallest absolute Gasteiger partial charge is 0.336 e. The monoisotopic (exact) mass is 395 g/mol. The second-order valence-corrected chi connectivity index (χ2v) is 6.50. The van der Waals surface area contributed by atoms with E-state index in [9.17, 15) is 14.7 Å². The maximum atomic E-state index is 12.6. The standard InChI is InChI=1S/C22H18ClNO4/c23-17-10-8-16(9-11-17)20-18(21(25)26)13-24-14-19(20)22(27)28-12-4-7-15-5-2-1-3-6-15/h1-11,13-14,20,24H,12H2,(H,25,26)/b7-4+. The molecule has 0 amide bonds. The van der Waals surface area contributed by atoms with Crippen molar-refractivity contribution in [2.24, 2.45) is 0 Å². The van der Waals surface area contributed by atoms with Gasteiger partial charge in [-0.2, -0.15) is 0 Å². The van der Waals surface area contributed by atoms with Crippen molar-refractivity contribution in [3.05, 3.63) is 100 Å². The Kier molecular flexibility index (Phi) is 6.29. The summed E-state index contributed by atoms with van der Waals surface area (Å²) < 4.78 is 5.33. The molecule has 0 saturated heterocycles. The number of dihydropyridines is 1. The van der Waals surface area contributed by atoms with Crippen LogP contribution in [0.15, 0.2) is 84.2 Å². The number of aliphatic carboxylic acids is 1. The number of hydrogen-bond acceptors (Lipinski definition) is 4. The van der Waals surface area contributed by atoms with Crippen LogP contribution in [0.4, 0.5) is 0 Å². The molecule has 142 valence electrons. The van der Waals surface area contributed by atoms with Crippen molar-refractivity contribution >= 4 is 29.6 Å². The topological polar surface area (TPSA) is 75.6 Å². The van der Waals surface area contributed by atoms with Crippen molar-refractivity contribution < 1.29 is 19.4 Å². The number of nitrogens with one attached hydrogen (secondary N) is 1. The average Bonchev–Trinajstić information content (AvgIpc) is 2.72. The summed E-state index contributed by atoms with van der Waals surface area (Å²) in [6, 6.07) is 16.3. The van der Waals surface area contributed by atoms with Gasteiger partial charge in [0.15, 0.2) is 0 Å². The molecular weight excluding hydrogens is 378 g/mol. The van der Waals surface area contributed by atoms with Gasteiger partial charge >= 0.3 is 11.9 Å². The van der Waals surface area contributed by atoms with E-state index >= 15 is 0 Å². The van der Waals surface area contributed by atoms with Crippen LogP contribution in [0.3, 0.4) is 0 Å². The third kappa shape index (κ3) is 4.69. The first-order chi connectivity index (χ1) is 13.6. The molecule has 3 rings (SSSR count). The molecular formula is C22H18ClNO4. The number of ether oxygens (including phenoxy) is 1. The van der Waals surface area contributed by atoms with E-state index < -0.39 is 17.9 Å². The van der Waals surface area contributed by atoms with E-state index in [1.807, 2.05) is 36.4 Å². The van der Waals surface area contributed by atoms with Crippen molar-refractivity contribution in [1.29, 1.82) is 0 Å². The molecule has 1 aliphatic heterocycles. The Morgan fingerprint density at radius 1 is 1.04 bits per heavy atom. The third-order valence-electron chi connectivity index (χ3n) is 4.21. The quantitative estimate of drug-likeness (QED) is 0.719. The predicted molar refractivity (Wildman–Crippen MR) is 108 cm³/mol. The van der Waals surface area contributed by atoms with Crippen LogP contribution in [0.25, 0.3) is 6.08 Å². The lowest BCUT2D eigenvalue weighted by Crippen LogP contribution is -2.26. The zero-order chi connectivity index (χ0) is 19.9. The van der Waals surface area contributed by atoms with Gasteiger partial charge in [-0.3, -0.25) is 0 Å². The number of esters is 1. The zero-order valence-corrected chi connectivity index (χ0v) is 15.6. The van der Waals surface area contributed by atoms with Crippen LogP contribution in [-0.4, -0.2) is 23.7 Å². The van der Waals surface area contributed by atoms with Crippen LogP contribution in [-0.2, 0) is 14.3 Å². The van der Waals surface area contributed by atoms with Gasteiger partial charge < -0.3 is 15.2 Å². The SMILES string of the molecule is O=C(O)C1=CNC=C(C(=O)OC/C=C/c2ccccc2)C1c1ccc(Cl)cc1. The van der Waals surface area contributed by atoms with Crippen molar-refractivity contribution in [1.82, 2.24) is 5.32 Å². The Morgan fingerprint density at radius 2 is 1.71 bits per heavy atom. The van der Waals surface area contributed by atoms with Crippen LogP contribution >= 0.6 is 11.6 Å². The molecule has 0 bridgehead atoms. The lowest BCUT2D eigenvalue weighted by molar-refractivity contribution is -0.138.